The second-order valence-electron chi connectivity index (χ2n) is 5.59. The normalized spacial score (nSPS) is 25.1. The summed E-state index contributed by atoms with van der Waals surface area (Å²) in [7, 11) is -3.27. The van der Waals surface area contributed by atoms with Crippen LogP contribution in [0.5, 0.6) is 0 Å². The maximum Gasteiger partial charge on any atom is 0.235 e. The monoisotopic (exact) mass is 276 g/mol. The van der Waals surface area contributed by atoms with Crippen LogP contribution in [-0.2, 0) is 14.6 Å². The summed E-state index contributed by atoms with van der Waals surface area (Å²) < 4.78 is 23.4. The molecule has 6 heteroatoms. The van der Waals surface area contributed by atoms with Crippen molar-refractivity contribution in [1.82, 2.24) is 10.6 Å². The zero-order chi connectivity index (χ0) is 13.8. The van der Waals surface area contributed by atoms with Crippen LogP contribution in [-0.4, -0.2) is 44.5 Å². The molecule has 1 aliphatic rings. The molecule has 1 rings (SSSR count). The van der Waals surface area contributed by atoms with Gasteiger partial charge in [0.1, 0.15) is 5.75 Å². The van der Waals surface area contributed by atoms with Crippen molar-refractivity contribution in [2.24, 2.45) is 5.92 Å². The predicted molar refractivity (Wildman–Crippen MR) is 72.1 cm³/mol. The molecule has 1 saturated heterocycles. The highest BCUT2D eigenvalue weighted by molar-refractivity contribution is 7.92. The molecule has 0 bridgehead atoms. The average molecular weight is 276 g/mol. The second-order valence-corrected chi connectivity index (χ2v) is 7.70. The number of sulfone groups is 1. The molecule has 2 atom stereocenters. The van der Waals surface area contributed by atoms with Crippen molar-refractivity contribution < 1.29 is 13.2 Å². The van der Waals surface area contributed by atoms with E-state index in [1.165, 1.54) is 0 Å². The molecule has 2 N–H and O–H groups in total. The highest BCUT2D eigenvalue weighted by Gasteiger charge is 2.23. The maximum absolute atomic E-state index is 11.7. The molecule has 0 radical (unpaired) electrons. The summed E-state index contributed by atoms with van der Waals surface area (Å²) >= 11 is 0. The molecular formula is C12H24N2O3S. The van der Waals surface area contributed by atoms with Crippen molar-refractivity contribution in [3.63, 3.8) is 0 Å². The molecule has 0 aromatic rings. The van der Waals surface area contributed by atoms with Gasteiger partial charge in [0, 0.05) is 12.1 Å². The molecule has 106 valence electrons. The highest BCUT2D eigenvalue weighted by atomic mass is 32.2. The minimum atomic E-state index is -3.27. The summed E-state index contributed by atoms with van der Waals surface area (Å²) in [4.78, 5) is 11.7. The first kappa shape index (κ1) is 15.4. The first-order valence-electron chi connectivity index (χ1n) is 6.51. The first-order valence-corrected chi connectivity index (χ1v) is 8.34. The van der Waals surface area contributed by atoms with Crippen LogP contribution < -0.4 is 10.6 Å². The fourth-order valence-electron chi connectivity index (χ4n) is 2.30. The summed E-state index contributed by atoms with van der Waals surface area (Å²) in [6.45, 7) is 6.60. The molecule has 1 aliphatic heterocycles. The van der Waals surface area contributed by atoms with E-state index in [0.29, 0.717) is 6.04 Å². The molecule has 5 nitrogen and oxygen atoms in total. The number of rotatable bonds is 5. The van der Waals surface area contributed by atoms with Gasteiger partial charge < -0.3 is 10.6 Å². The Bertz CT molecular complexity index is 379. The predicted octanol–water partition coefficient (Wildman–Crippen LogP) is 0.314. The third kappa shape index (κ3) is 5.82. The van der Waals surface area contributed by atoms with Gasteiger partial charge in [-0.2, -0.15) is 0 Å². The Labute approximate surface area is 110 Å². The van der Waals surface area contributed by atoms with Crippen LogP contribution in [0.25, 0.3) is 0 Å². The summed E-state index contributed by atoms with van der Waals surface area (Å²) in [6, 6.07) is 0.472. The van der Waals surface area contributed by atoms with Gasteiger partial charge in [-0.1, -0.05) is 13.8 Å². The van der Waals surface area contributed by atoms with Crippen LogP contribution in [0.3, 0.4) is 0 Å². The Morgan fingerprint density at radius 1 is 1.44 bits per heavy atom. The quantitative estimate of drug-likeness (QED) is 0.758. The number of hydrogen-bond donors (Lipinski definition) is 2. The van der Waals surface area contributed by atoms with Gasteiger partial charge in [-0.05, 0) is 32.2 Å². The molecule has 18 heavy (non-hydrogen) atoms. The van der Waals surface area contributed by atoms with Gasteiger partial charge in [0.15, 0.2) is 9.84 Å². The zero-order valence-corrected chi connectivity index (χ0v) is 12.2. The van der Waals surface area contributed by atoms with Crippen LogP contribution >= 0.6 is 0 Å². The Kier molecular flexibility index (Phi) is 5.59. The van der Waals surface area contributed by atoms with Gasteiger partial charge in [-0.15, -0.1) is 0 Å². The lowest BCUT2D eigenvalue weighted by Gasteiger charge is -2.28. The number of carbonyl (C=O) groups excluding carboxylic acids is 1. The molecule has 0 aromatic carbocycles. The van der Waals surface area contributed by atoms with Crippen molar-refractivity contribution in [3.05, 3.63) is 0 Å². The Morgan fingerprint density at radius 3 is 2.67 bits per heavy atom. The number of carbonyl (C=O) groups is 1. The molecule has 0 spiro atoms. The Morgan fingerprint density at radius 2 is 2.11 bits per heavy atom. The van der Waals surface area contributed by atoms with Crippen LogP contribution in [0.4, 0.5) is 0 Å². The van der Waals surface area contributed by atoms with E-state index in [1.54, 1.807) is 0 Å². The van der Waals surface area contributed by atoms with E-state index in [4.69, 9.17) is 0 Å². The third-order valence-electron chi connectivity index (χ3n) is 2.93. The van der Waals surface area contributed by atoms with E-state index in [0.717, 1.165) is 19.4 Å². The fourth-order valence-corrected chi connectivity index (χ4v) is 3.92. The molecule has 0 aliphatic carbocycles. The molecule has 1 heterocycles. The van der Waals surface area contributed by atoms with Crippen molar-refractivity contribution in [1.29, 1.82) is 0 Å². The van der Waals surface area contributed by atoms with Gasteiger partial charge in [0.25, 0.3) is 0 Å². The minimum Gasteiger partial charge on any atom is -0.352 e. The Hall–Kier alpha value is -0.620. The SMILES string of the molecule is CC(C)CS(=O)(=O)CC(=O)NC1CCNC(C)C1. The summed E-state index contributed by atoms with van der Waals surface area (Å²) in [5.74, 6) is -0.622. The number of hydrogen-bond acceptors (Lipinski definition) is 4. The lowest BCUT2D eigenvalue weighted by molar-refractivity contribution is -0.119. The molecule has 1 fully saturated rings. The van der Waals surface area contributed by atoms with Crippen molar-refractivity contribution in [2.45, 2.75) is 45.7 Å². The van der Waals surface area contributed by atoms with E-state index in [1.807, 2.05) is 13.8 Å². The topological polar surface area (TPSA) is 75.3 Å². The largest absolute Gasteiger partial charge is 0.352 e. The summed E-state index contributed by atoms with van der Waals surface area (Å²) in [5.41, 5.74) is 0. The molecule has 2 unspecified atom stereocenters. The average Bonchev–Trinajstić information content (AvgIpc) is 2.13. The van der Waals surface area contributed by atoms with Gasteiger partial charge >= 0.3 is 0 Å². The molecule has 0 aromatic heterocycles. The van der Waals surface area contributed by atoms with Gasteiger partial charge in [-0.3, -0.25) is 4.79 Å². The van der Waals surface area contributed by atoms with E-state index in [9.17, 15) is 13.2 Å². The fraction of sp³-hybridized carbons (Fsp3) is 0.917. The second kappa shape index (κ2) is 6.52. The minimum absolute atomic E-state index is 0.0571. The maximum atomic E-state index is 11.7. The summed E-state index contributed by atoms with van der Waals surface area (Å²) in [6.07, 6.45) is 1.72. The summed E-state index contributed by atoms with van der Waals surface area (Å²) in [5, 5.41) is 6.11. The first-order chi connectivity index (χ1) is 8.28. The van der Waals surface area contributed by atoms with Gasteiger partial charge in [-0.25, -0.2) is 8.42 Å². The number of amides is 1. The smallest absolute Gasteiger partial charge is 0.235 e. The van der Waals surface area contributed by atoms with Gasteiger partial charge in [0.2, 0.25) is 5.91 Å². The molecular weight excluding hydrogens is 252 g/mol. The zero-order valence-electron chi connectivity index (χ0n) is 11.4. The lowest BCUT2D eigenvalue weighted by Crippen LogP contribution is -2.48. The van der Waals surface area contributed by atoms with Crippen molar-refractivity contribution in [2.75, 3.05) is 18.1 Å². The van der Waals surface area contributed by atoms with Gasteiger partial charge in [0.05, 0.1) is 5.75 Å². The van der Waals surface area contributed by atoms with Crippen LogP contribution in [0, 0.1) is 5.92 Å². The van der Waals surface area contributed by atoms with Crippen molar-refractivity contribution in [3.8, 4) is 0 Å². The van der Waals surface area contributed by atoms with E-state index in [2.05, 4.69) is 17.6 Å². The number of piperidine rings is 1. The van der Waals surface area contributed by atoms with Crippen LogP contribution in [0.15, 0.2) is 0 Å². The number of nitrogens with one attached hydrogen (secondary N) is 2. The lowest BCUT2D eigenvalue weighted by atomic mass is 10.0. The van der Waals surface area contributed by atoms with Crippen LogP contribution in [0.2, 0.25) is 0 Å². The van der Waals surface area contributed by atoms with E-state index >= 15 is 0 Å². The molecule has 1 amide bonds. The van der Waals surface area contributed by atoms with Crippen LogP contribution in [0.1, 0.15) is 33.6 Å². The van der Waals surface area contributed by atoms with E-state index in [-0.39, 0.29) is 29.4 Å². The van der Waals surface area contributed by atoms with Crippen molar-refractivity contribution >= 4 is 15.7 Å². The molecule has 0 saturated carbocycles. The third-order valence-corrected chi connectivity index (χ3v) is 4.80. The standard InChI is InChI=1S/C12H24N2O3S/c1-9(2)7-18(16,17)8-12(15)14-11-4-5-13-10(3)6-11/h9-11,13H,4-8H2,1-3H3,(H,14,15). The van der Waals surface area contributed by atoms with E-state index < -0.39 is 9.84 Å². The highest BCUT2D eigenvalue weighted by Crippen LogP contribution is 2.08. The Balaban J connectivity index is 2.41.